The fourth-order valence-electron chi connectivity index (χ4n) is 4.71. The Balaban J connectivity index is 1.73. The van der Waals surface area contributed by atoms with Crippen LogP contribution >= 0.6 is 0 Å². The number of hydrogen-bond donors (Lipinski definition) is 1. The van der Waals surface area contributed by atoms with E-state index in [-0.39, 0.29) is 11.7 Å². The van der Waals surface area contributed by atoms with Crippen LogP contribution in [0, 0.1) is 0 Å². The molecule has 1 amide bonds. The Morgan fingerprint density at radius 1 is 1.24 bits per heavy atom. The Labute approximate surface area is 191 Å². The van der Waals surface area contributed by atoms with Gasteiger partial charge in [0.25, 0.3) is 0 Å². The number of amides is 1. The summed E-state index contributed by atoms with van der Waals surface area (Å²) >= 11 is 0. The molecule has 2 aromatic carbocycles. The van der Waals surface area contributed by atoms with Crippen LogP contribution < -0.4 is 15.0 Å². The summed E-state index contributed by atoms with van der Waals surface area (Å²) in [4.78, 5) is 12.7. The molecule has 2 aliphatic rings. The Morgan fingerprint density at radius 2 is 2.00 bits per heavy atom. The maximum Gasteiger partial charge on any atom is 0.406 e. The molecule has 0 unspecified atom stereocenters. The molecular weight excluding hydrogens is 433 g/mol. The number of nitrogens with zero attached hydrogens (tertiary/aromatic N) is 1. The van der Waals surface area contributed by atoms with Crippen molar-refractivity contribution in [1.29, 1.82) is 0 Å². The molecule has 0 aromatic heterocycles. The molecule has 8 heteroatoms. The van der Waals surface area contributed by atoms with Gasteiger partial charge >= 0.3 is 6.18 Å². The predicted molar refractivity (Wildman–Crippen MR) is 120 cm³/mol. The van der Waals surface area contributed by atoms with Gasteiger partial charge in [0.2, 0.25) is 5.91 Å². The van der Waals surface area contributed by atoms with E-state index in [0.29, 0.717) is 17.9 Å². The van der Waals surface area contributed by atoms with E-state index in [2.05, 4.69) is 23.5 Å². The number of rotatable bonds is 5. The lowest BCUT2D eigenvalue weighted by Gasteiger charge is -2.40. The lowest BCUT2D eigenvalue weighted by molar-refractivity contribution is -0.131. The Bertz CT molecular complexity index is 1040. The zero-order valence-electron chi connectivity index (χ0n) is 18.6. The molecule has 0 aliphatic carbocycles. The Morgan fingerprint density at radius 3 is 2.67 bits per heavy atom. The molecule has 0 saturated carbocycles. The molecule has 2 heterocycles. The maximum atomic E-state index is 13.1. The number of halogens is 3. The molecular formula is C25H27F3N2O3. The van der Waals surface area contributed by atoms with Crippen LogP contribution in [0.5, 0.6) is 5.75 Å². The van der Waals surface area contributed by atoms with E-state index in [1.807, 2.05) is 18.2 Å². The second-order valence-electron chi connectivity index (χ2n) is 8.42. The van der Waals surface area contributed by atoms with Crippen molar-refractivity contribution in [3.8, 4) is 5.75 Å². The van der Waals surface area contributed by atoms with Crippen LogP contribution in [-0.4, -0.2) is 44.5 Å². The van der Waals surface area contributed by atoms with Gasteiger partial charge < -0.3 is 19.7 Å². The lowest BCUT2D eigenvalue weighted by Crippen LogP contribution is -2.47. The summed E-state index contributed by atoms with van der Waals surface area (Å²) in [5.74, 6) is -0.168. The minimum atomic E-state index is -4.51. The van der Waals surface area contributed by atoms with Gasteiger partial charge in [-0.05, 0) is 54.8 Å². The van der Waals surface area contributed by atoms with Crippen molar-refractivity contribution in [3.05, 3.63) is 65.7 Å². The summed E-state index contributed by atoms with van der Waals surface area (Å²) in [5.41, 5.74) is 2.16. The van der Waals surface area contributed by atoms with Gasteiger partial charge in [-0.3, -0.25) is 4.79 Å². The number of benzene rings is 2. The highest BCUT2D eigenvalue weighted by molar-refractivity contribution is 5.92. The number of nitrogens with one attached hydrogen (secondary N) is 1. The van der Waals surface area contributed by atoms with Crippen molar-refractivity contribution in [2.24, 2.45) is 0 Å². The van der Waals surface area contributed by atoms with Crippen molar-refractivity contribution >= 4 is 17.2 Å². The first-order valence-electron chi connectivity index (χ1n) is 10.9. The minimum absolute atomic E-state index is 0.0434. The first-order chi connectivity index (χ1) is 15.7. The number of alkyl halides is 3. The minimum Gasteiger partial charge on any atom is -0.496 e. The summed E-state index contributed by atoms with van der Waals surface area (Å²) in [6.07, 6.45) is -0.685. The van der Waals surface area contributed by atoms with E-state index in [9.17, 15) is 18.0 Å². The van der Waals surface area contributed by atoms with Crippen molar-refractivity contribution in [2.75, 3.05) is 31.7 Å². The molecule has 1 saturated heterocycles. The fourth-order valence-corrected chi connectivity index (χ4v) is 4.71. The van der Waals surface area contributed by atoms with Crippen LogP contribution in [0.3, 0.4) is 0 Å². The number of ether oxygens (including phenoxy) is 2. The number of anilines is 1. The van der Waals surface area contributed by atoms with E-state index < -0.39 is 24.2 Å². The summed E-state index contributed by atoms with van der Waals surface area (Å²) < 4.78 is 51.1. The van der Waals surface area contributed by atoms with Crippen molar-refractivity contribution in [3.63, 3.8) is 0 Å². The Kier molecular flexibility index (Phi) is 6.50. The highest BCUT2D eigenvalue weighted by Gasteiger charge is 2.44. The van der Waals surface area contributed by atoms with Gasteiger partial charge in [-0.2, -0.15) is 13.2 Å². The second-order valence-corrected chi connectivity index (χ2v) is 8.42. The van der Waals surface area contributed by atoms with Gasteiger partial charge in [0.1, 0.15) is 17.9 Å². The van der Waals surface area contributed by atoms with Crippen LogP contribution in [0.15, 0.2) is 54.6 Å². The smallest absolute Gasteiger partial charge is 0.406 e. The van der Waals surface area contributed by atoms with E-state index in [0.717, 1.165) is 42.3 Å². The molecule has 1 N–H and O–H groups in total. The zero-order valence-corrected chi connectivity index (χ0v) is 18.6. The van der Waals surface area contributed by atoms with E-state index in [1.165, 1.54) is 13.2 Å². The van der Waals surface area contributed by atoms with Gasteiger partial charge in [-0.15, -0.1) is 0 Å². The molecule has 4 rings (SSSR count). The average molecular weight is 460 g/mol. The molecule has 33 heavy (non-hydrogen) atoms. The normalized spacial score (nSPS) is 22.8. The highest BCUT2D eigenvalue weighted by atomic mass is 19.4. The molecule has 2 atom stereocenters. The number of methoxy groups -OCH3 is 1. The number of hydrogen-bond acceptors (Lipinski definition) is 4. The summed E-state index contributed by atoms with van der Waals surface area (Å²) in [7, 11) is 1.51. The molecule has 2 aliphatic heterocycles. The third kappa shape index (κ3) is 4.91. The quantitative estimate of drug-likeness (QED) is 0.691. The van der Waals surface area contributed by atoms with Crippen LogP contribution in [0.4, 0.5) is 18.9 Å². The molecule has 0 radical (unpaired) electrons. The maximum absolute atomic E-state index is 13.1. The standard InChI is InChI=1S/C25H27F3N2O3/c1-17(31)30(16-25(26,27)28)20-9-10-22(32-2)21(13-20)19-14-24(33-15-19)11-6-12-29-23(24)18-7-4-3-5-8-18/h3-5,7-10,13-14,23,29H,6,11-12,15-16H2,1-2H3/t23-,24+/m0/s1. The third-order valence-corrected chi connectivity index (χ3v) is 6.19. The van der Waals surface area contributed by atoms with Crippen LogP contribution in [-0.2, 0) is 9.53 Å². The van der Waals surface area contributed by atoms with Crippen LogP contribution in [0.2, 0.25) is 0 Å². The van der Waals surface area contributed by atoms with Crippen molar-refractivity contribution < 1.29 is 27.4 Å². The van der Waals surface area contributed by atoms with Gasteiger partial charge in [-0.25, -0.2) is 0 Å². The van der Waals surface area contributed by atoms with Crippen LogP contribution in [0.25, 0.3) is 5.57 Å². The number of carbonyl (C=O) groups excluding carboxylic acids is 1. The topological polar surface area (TPSA) is 50.8 Å². The lowest BCUT2D eigenvalue weighted by atomic mass is 9.81. The largest absolute Gasteiger partial charge is 0.496 e. The molecule has 2 aromatic rings. The van der Waals surface area contributed by atoms with Gasteiger partial charge in [-0.1, -0.05) is 30.3 Å². The monoisotopic (exact) mass is 460 g/mol. The van der Waals surface area contributed by atoms with E-state index in [4.69, 9.17) is 9.47 Å². The SMILES string of the molecule is COc1ccc(N(CC(F)(F)F)C(C)=O)cc1C1=C[C@@]2(CCCN[C@H]2c2ccccc2)OC1. The first kappa shape index (κ1) is 23.3. The first-order valence-corrected chi connectivity index (χ1v) is 10.9. The zero-order chi connectivity index (χ0) is 23.6. The molecule has 176 valence electrons. The molecule has 0 bridgehead atoms. The van der Waals surface area contributed by atoms with Gasteiger partial charge in [0.05, 0.1) is 19.8 Å². The molecule has 5 nitrogen and oxygen atoms in total. The van der Waals surface area contributed by atoms with Gasteiger partial charge in [0, 0.05) is 18.2 Å². The predicted octanol–water partition coefficient (Wildman–Crippen LogP) is 4.89. The average Bonchev–Trinajstić information content (AvgIpc) is 3.21. The summed E-state index contributed by atoms with van der Waals surface area (Å²) in [6.45, 7) is 0.941. The number of carbonyl (C=O) groups is 1. The van der Waals surface area contributed by atoms with Gasteiger partial charge in [0.15, 0.2) is 0 Å². The fraction of sp³-hybridized carbons (Fsp3) is 0.400. The molecule has 1 spiro atoms. The van der Waals surface area contributed by atoms with Crippen LogP contribution in [0.1, 0.15) is 36.9 Å². The highest BCUT2D eigenvalue weighted by Crippen LogP contribution is 2.45. The van der Waals surface area contributed by atoms with E-state index >= 15 is 0 Å². The number of piperidine rings is 1. The second kappa shape index (κ2) is 9.19. The third-order valence-electron chi connectivity index (χ3n) is 6.19. The molecule has 1 fully saturated rings. The van der Waals surface area contributed by atoms with Crippen molar-refractivity contribution in [1.82, 2.24) is 5.32 Å². The van der Waals surface area contributed by atoms with E-state index in [1.54, 1.807) is 12.1 Å². The van der Waals surface area contributed by atoms with Crippen molar-refractivity contribution in [2.45, 2.75) is 37.6 Å². The Hall–Kier alpha value is -2.84. The summed E-state index contributed by atoms with van der Waals surface area (Å²) in [5, 5.41) is 3.56. The summed E-state index contributed by atoms with van der Waals surface area (Å²) in [6, 6.07) is 14.7.